The second-order valence-electron chi connectivity index (χ2n) is 4.52. The van der Waals surface area contributed by atoms with E-state index in [1.54, 1.807) is 0 Å². The molecule has 0 aliphatic rings. The fourth-order valence-electron chi connectivity index (χ4n) is 1.72. The first-order valence-corrected chi connectivity index (χ1v) is 7.31. The topological polar surface area (TPSA) is 12.9 Å². The van der Waals surface area contributed by atoms with Gasteiger partial charge in [-0.1, -0.05) is 31.5 Å². The van der Waals surface area contributed by atoms with Crippen molar-refractivity contribution in [3.05, 3.63) is 41.0 Å². The van der Waals surface area contributed by atoms with Gasteiger partial charge < -0.3 is 0 Å². The summed E-state index contributed by atoms with van der Waals surface area (Å²) in [4.78, 5) is 4.44. The molecule has 3 heteroatoms. The van der Waals surface area contributed by atoms with Crippen molar-refractivity contribution in [1.82, 2.24) is 4.98 Å². The molecule has 1 aromatic heterocycles. The molecule has 2 rings (SSSR count). The summed E-state index contributed by atoms with van der Waals surface area (Å²) in [6.07, 6.45) is 1.83. The summed E-state index contributed by atoms with van der Waals surface area (Å²) in [5.41, 5.74) is 2.31. The van der Waals surface area contributed by atoms with Crippen LogP contribution in [0.25, 0.3) is 10.9 Å². The Hall–Kier alpha value is -0.730. The summed E-state index contributed by atoms with van der Waals surface area (Å²) < 4.78 is 0. The van der Waals surface area contributed by atoms with E-state index in [0.717, 1.165) is 27.6 Å². The Labute approximate surface area is 112 Å². The lowest BCUT2D eigenvalue weighted by molar-refractivity contribution is 0.750. The minimum Gasteiger partial charge on any atom is -0.256 e. The highest BCUT2D eigenvalue weighted by atomic mass is 35.5. The highest BCUT2D eigenvalue weighted by Gasteiger charge is 2.05. The molecule has 0 aliphatic carbocycles. The number of benzene rings is 1. The summed E-state index contributed by atoms with van der Waals surface area (Å²) in [5.74, 6) is 2.91. The van der Waals surface area contributed by atoms with Crippen LogP contribution >= 0.6 is 23.4 Å². The maximum Gasteiger partial charge on any atom is 0.0757 e. The van der Waals surface area contributed by atoms with Crippen LogP contribution in [0.4, 0.5) is 0 Å². The zero-order chi connectivity index (χ0) is 12.3. The van der Waals surface area contributed by atoms with Crippen molar-refractivity contribution < 1.29 is 0 Å². The molecule has 1 heterocycles. The first kappa shape index (κ1) is 12.7. The second kappa shape index (κ2) is 5.74. The normalized spacial score (nSPS) is 11.3. The first-order valence-electron chi connectivity index (χ1n) is 5.78. The Morgan fingerprint density at radius 2 is 2.12 bits per heavy atom. The van der Waals surface area contributed by atoms with Crippen LogP contribution in [0.15, 0.2) is 30.5 Å². The van der Waals surface area contributed by atoms with Crippen LogP contribution in [0.1, 0.15) is 19.4 Å². The van der Waals surface area contributed by atoms with Crippen LogP contribution in [0.3, 0.4) is 0 Å². The van der Waals surface area contributed by atoms with E-state index < -0.39 is 0 Å². The van der Waals surface area contributed by atoms with E-state index in [1.807, 2.05) is 36.2 Å². The number of hydrogen-bond donors (Lipinski definition) is 0. The molecule has 0 bridgehead atoms. The van der Waals surface area contributed by atoms with E-state index in [9.17, 15) is 0 Å². The van der Waals surface area contributed by atoms with Crippen molar-refractivity contribution >= 4 is 34.3 Å². The number of fused-ring (bicyclic) bond motifs is 1. The maximum absolute atomic E-state index is 6.17. The molecule has 2 aromatic rings. The predicted molar refractivity (Wildman–Crippen MR) is 77.8 cm³/mol. The van der Waals surface area contributed by atoms with E-state index in [1.165, 1.54) is 11.3 Å². The van der Waals surface area contributed by atoms with Crippen molar-refractivity contribution in [3.63, 3.8) is 0 Å². The van der Waals surface area contributed by atoms with Crippen LogP contribution in [-0.4, -0.2) is 10.7 Å². The fraction of sp³-hybridized carbons (Fsp3) is 0.357. The number of aromatic nitrogens is 1. The highest BCUT2D eigenvalue weighted by molar-refractivity contribution is 7.98. The Kier molecular flexibility index (Phi) is 4.30. The molecular weight excluding hydrogens is 250 g/mol. The highest BCUT2D eigenvalue weighted by Crippen LogP contribution is 2.27. The van der Waals surface area contributed by atoms with Crippen molar-refractivity contribution in [2.24, 2.45) is 5.92 Å². The number of halogens is 1. The Morgan fingerprint density at radius 1 is 1.29 bits per heavy atom. The van der Waals surface area contributed by atoms with E-state index in [-0.39, 0.29) is 0 Å². The van der Waals surface area contributed by atoms with Crippen molar-refractivity contribution in [3.8, 4) is 0 Å². The van der Waals surface area contributed by atoms with Gasteiger partial charge in [0, 0.05) is 22.4 Å². The third kappa shape index (κ3) is 3.14. The molecule has 0 fully saturated rings. The van der Waals surface area contributed by atoms with Gasteiger partial charge in [0.05, 0.1) is 5.52 Å². The number of rotatable bonds is 4. The van der Waals surface area contributed by atoms with Crippen molar-refractivity contribution in [1.29, 1.82) is 0 Å². The van der Waals surface area contributed by atoms with Crippen LogP contribution in [0.2, 0.25) is 5.02 Å². The quantitative estimate of drug-likeness (QED) is 0.789. The molecule has 0 spiro atoms. The van der Waals surface area contributed by atoms with Crippen LogP contribution < -0.4 is 0 Å². The lowest BCUT2D eigenvalue weighted by Gasteiger charge is -2.08. The lowest BCUT2D eigenvalue weighted by atomic mass is 10.1. The zero-order valence-corrected chi connectivity index (χ0v) is 11.7. The van der Waals surface area contributed by atoms with Gasteiger partial charge in [-0.05, 0) is 35.4 Å². The van der Waals surface area contributed by atoms with Gasteiger partial charge in [0.2, 0.25) is 0 Å². The van der Waals surface area contributed by atoms with Crippen LogP contribution in [0.5, 0.6) is 0 Å². The van der Waals surface area contributed by atoms with Crippen molar-refractivity contribution in [2.75, 3.05) is 5.75 Å². The Bertz CT molecular complexity index is 511. The van der Waals surface area contributed by atoms with Gasteiger partial charge in [-0.15, -0.1) is 0 Å². The first-order chi connectivity index (χ1) is 8.18. The molecule has 0 saturated heterocycles. The summed E-state index contributed by atoms with van der Waals surface area (Å²) in [6, 6.07) is 8.02. The van der Waals surface area contributed by atoms with E-state index >= 15 is 0 Å². The molecule has 1 aromatic carbocycles. The molecule has 0 amide bonds. The molecule has 0 unspecified atom stereocenters. The van der Waals surface area contributed by atoms with Gasteiger partial charge in [-0.2, -0.15) is 11.8 Å². The summed E-state index contributed by atoms with van der Waals surface area (Å²) >= 11 is 8.12. The number of thioether (sulfide) groups is 1. The Morgan fingerprint density at radius 3 is 2.88 bits per heavy atom. The average molecular weight is 266 g/mol. The molecule has 0 saturated carbocycles. The number of nitrogens with zero attached hydrogens (tertiary/aromatic N) is 1. The molecule has 0 aliphatic heterocycles. The van der Waals surface area contributed by atoms with Gasteiger partial charge in [-0.25, -0.2) is 0 Å². The summed E-state index contributed by atoms with van der Waals surface area (Å²) in [5, 5.41) is 1.84. The van der Waals surface area contributed by atoms with Crippen LogP contribution in [-0.2, 0) is 5.75 Å². The van der Waals surface area contributed by atoms with Gasteiger partial charge in [-0.3, -0.25) is 4.98 Å². The lowest BCUT2D eigenvalue weighted by Crippen LogP contribution is -1.93. The number of hydrogen-bond acceptors (Lipinski definition) is 2. The van der Waals surface area contributed by atoms with Crippen LogP contribution in [0, 0.1) is 5.92 Å². The van der Waals surface area contributed by atoms with Gasteiger partial charge in [0.1, 0.15) is 0 Å². The van der Waals surface area contributed by atoms with E-state index in [0.29, 0.717) is 0 Å². The standard InChI is InChI=1S/C14H16ClNS/c1-10(2)8-17-9-11-5-6-13(15)12-4-3-7-16-14(11)12/h3-7,10H,8-9H2,1-2H3. The largest absolute Gasteiger partial charge is 0.256 e. The number of pyridine rings is 1. The van der Waals surface area contributed by atoms with Gasteiger partial charge in [0.15, 0.2) is 0 Å². The summed E-state index contributed by atoms with van der Waals surface area (Å²) in [6.45, 7) is 4.48. The fourth-order valence-corrected chi connectivity index (χ4v) is 2.98. The third-order valence-corrected chi connectivity index (χ3v) is 4.26. The molecule has 0 N–H and O–H groups in total. The summed E-state index contributed by atoms with van der Waals surface area (Å²) in [7, 11) is 0. The van der Waals surface area contributed by atoms with Gasteiger partial charge in [0.25, 0.3) is 0 Å². The molecule has 1 nitrogen and oxygen atoms in total. The van der Waals surface area contributed by atoms with Gasteiger partial charge >= 0.3 is 0 Å². The molecule has 0 radical (unpaired) electrons. The third-order valence-electron chi connectivity index (χ3n) is 2.51. The predicted octanol–water partition coefficient (Wildman–Crippen LogP) is 4.78. The Balaban J connectivity index is 2.26. The van der Waals surface area contributed by atoms with Crippen molar-refractivity contribution in [2.45, 2.75) is 19.6 Å². The maximum atomic E-state index is 6.17. The zero-order valence-electron chi connectivity index (χ0n) is 10.1. The average Bonchev–Trinajstić information content (AvgIpc) is 2.32. The molecule has 17 heavy (non-hydrogen) atoms. The molecule has 90 valence electrons. The minimum absolute atomic E-state index is 0.728. The smallest absolute Gasteiger partial charge is 0.0757 e. The second-order valence-corrected chi connectivity index (χ2v) is 5.95. The molecule has 0 atom stereocenters. The van der Waals surface area contributed by atoms with E-state index in [4.69, 9.17) is 11.6 Å². The van der Waals surface area contributed by atoms with E-state index in [2.05, 4.69) is 24.9 Å². The monoisotopic (exact) mass is 265 g/mol. The SMILES string of the molecule is CC(C)CSCc1ccc(Cl)c2cccnc12. The molecular formula is C14H16ClNS. The minimum atomic E-state index is 0.728.